The average molecular weight is 258 g/mol. The minimum absolute atomic E-state index is 0.484. The highest BCUT2D eigenvalue weighted by molar-refractivity contribution is 7.09. The Hall–Kier alpha value is -1.70. The van der Waals surface area contributed by atoms with Crippen molar-refractivity contribution in [1.82, 2.24) is 4.98 Å². The van der Waals surface area contributed by atoms with Crippen LogP contribution in [0.3, 0.4) is 0 Å². The lowest BCUT2D eigenvalue weighted by atomic mass is 9.92. The van der Waals surface area contributed by atoms with Crippen molar-refractivity contribution in [3.8, 4) is 6.07 Å². The molecule has 1 aromatic carbocycles. The lowest BCUT2D eigenvalue weighted by molar-refractivity contribution is 0.0575. The number of nitriles is 1. The maximum absolute atomic E-state index is 10.5. The van der Waals surface area contributed by atoms with Crippen LogP contribution in [0.5, 0.6) is 0 Å². The van der Waals surface area contributed by atoms with Gasteiger partial charge in [0.05, 0.1) is 22.2 Å². The summed E-state index contributed by atoms with van der Waals surface area (Å²) in [6.45, 7) is 3.71. The number of thiazole rings is 1. The van der Waals surface area contributed by atoms with Crippen LogP contribution < -0.4 is 0 Å². The Morgan fingerprint density at radius 2 is 2.06 bits per heavy atom. The molecule has 0 spiro atoms. The lowest BCUT2D eigenvalue weighted by Crippen LogP contribution is -2.24. The smallest absolute Gasteiger partial charge is 0.0991 e. The summed E-state index contributed by atoms with van der Waals surface area (Å²) in [6.07, 6.45) is 0.484. The molecule has 3 nitrogen and oxygen atoms in total. The van der Waals surface area contributed by atoms with E-state index >= 15 is 0 Å². The summed E-state index contributed by atoms with van der Waals surface area (Å²) in [5.41, 5.74) is 1.41. The Morgan fingerprint density at radius 3 is 2.56 bits per heavy atom. The summed E-state index contributed by atoms with van der Waals surface area (Å²) in [5, 5.41) is 22.1. The molecule has 0 amide bonds. The van der Waals surface area contributed by atoms with E-state index in [1.807, 2.05) is 12.3 Å². The summed E-state index contributed by atoms with van der Waals surface area (Å²) in [5.74, 6) is 0. The molecule has 1 aromatic heterocycles. The molecule has 0 aliphatic heterocycles. The van der Waals surface area contributed by atoms with Gasteiger partial charge in [-0.2, -0.15) is 5.26 Å². The number of hydrogen-bond acceptors (Lipinski definition) is 4. The number of nitrogens with zero attached hydrogens (tertiary/aromatic N) is 2. The van der Waals surface area contributed by atoms with E-state index in [1.165, 1.54) is 0 Å². The molecule has 92 valence electrons. The Labute approximate surface area is 110 Å². The van der Waals surface area contributed by atoms with Crippen LogP contribution in [0.25, 0.3) is 0 Å². The summed E-state index contributed by atoms with van der Waals surface area (Å²) >= 11 is 1.56. The van der Waals surface area contributed by atoms with E-state index in [4.69, 9.17) is 5.26 Å². The fourth-order valence-corrected chi connectivity index (χ4v) is 2.70. The van der Waals surface area contributed by atoms with Gasteiger partial charge in [-0.05, 0) is 31.5 Å². The fraction of sp³-hybridized carbons (Fsp3) is 0.286. The maximum Gasteiger partial charge on any atom is 0.0991 e. The zero-order chi connectivity index (χ0) is 13.2. The van der Waals surface area contributed by atoms with E-state index < -0.39 is 5.60 Å². The Bertz CT molecular complexity index is 579. The fourth-order valence-electron chi connectivity index (χ4n) is 1.78. The van der Waals surface area contributed by atoms with E-state index in [0.717, 1.165) is 16.3 Å². The van der Waals surface area contributed by atoms with Crippen LogP contribution in [0.1, 0.15) is 28.8 Å². The summed E-state index contributed by atoms with van der Waals surface area (Å²) in [7, 11) is 0. The van der Waals surface area contributed by atoms with Crippen molar-refractivity contribution in [1.29, 1.82) is 5.26 Å². The Kier molecular flexibility index (Phi) is 3.46. The summed E-state index contributed by atoms with van der Waals surface area (Å²) in [6, 6.07) is 9.09. The van der Waals surface area contributed by atoms with Gasteiger partial charge >= 0.3 is 0 Å². The molecule has 0 bridgehead atoms. The van der Waals surface area contributed by atoms with Crippen LogP contribution in [0.2, 0.25) is 0 Å². The molecule has 1 heterocycles. The standard InChI is InChI=1S/C14H14N2OS/c1-10-9-18-13(16-10)7-14(2,17)12-5-3-11(8-15)4-6-12/h3-6,9,17H,7H2,1-2H3. The topological polar surface area (TPSA) is 56.9 Å². The second kappa shape index (κ2) is 4.89. The van der Waals surface area contributed by atoms with Gasteiger partial charge in [-0.1, -0.05) is 12.1 Å². The SMILES string of the molecule is Cc1csc(CC(C)(O)c2ccc(C#N)cc2)n1. The molecule has 0 saturated heterocycles. The first-order valence-electron chi connectivity index (χ1n) is 5.65. The highest BCUT2D eigenvalue weighted by Gasteiger charge is 2.24. The largest absolute Gasteiger partial charge is 0.385 e. The van der Waals surface area contributed by atoms with Crippen molar-refractivity contribution in [2.75, 3.05) is 0 Å². The van der Waals surface area contributed by atoms with Crippen LogP contribution in [0.4, 0.5) is 0 Å². The highest BCUT2D eigenvalue weighted by Crippen LogP contribution is 2.26. The van der Waals surface area contributed by atoms with Gasteiger partial charge in [0.1, 0.15) is 0 Å². The molecule has 18 heavy (non-hydrogen) atoms. The molecule has 0 fully saturated rings. The molecule has 1 unspecified atom stereocenters. The van der Waals surface area contributed by atoms with Gasteiger partial charge in [0.2, 0.25) is 0 Å². The molecule has 2 aromatic rings. The molecule has 0 aliphatic carbocycles. The minimum Gasteiger partial charge on any atom is -0.385 e. The third-order valence-electron chi connectivity index (χ3n) is 2.80. The molecular weight excluding hydrogens is 244 g/mol. The van der Waals surface area contributed by atoms with Gasteiger partial charge < -0.3 is 5.11 Å². The molecular formula is C14H14N2OS. The van der Waals surface area contributed by atoms with Crippen LogP contribution in [0.15, 0.2) is 29.6 Å². The van der Waals surface area contributed by atoms with E-state index in [2.05, 4.69) is 11.1 Å². The third-order valence-corrected chi connectivity index (χ3v) is 3.76. The predicted molar refractivity (Wildman–Crippen MR) is 71.3 cm³/mol. The summed E-state index contributed by atoms with van der Waals surface area (Å²) < 4.78 is 0. The van der Waals surface area contributed by atoms with Crippen molar-refractivity contribution in [2.24, 2.45) is 0 Å². The van der Waals surface area contributed by atoms with E-state index in [1.54, 1.807) is 42.5 Å². The predicted octanol–water partition coefficient (Wildman–Crippen LogP) is 2.77. The van der Waals surface area contributed by atoms with Crippen molar-refractivity contribution >= 4 is 11.3 Å². The second-order valence-corrected chi connectivity index (χ2v) is 5.47. The summed E-state index contributed by atoms with van der Waals surface area (Å²) in [4.78, 5) is 4.36. The first kappa shape index (κ1) is 12.7. The van der Waals surface area contributed by atoms with Crippen LogP contribution in [0, 0.1) is 18.3 Å². The van der Waals surface area contributed by atoms with E-state index in [9.17, 15) is 5.11 Å². The molecule has 1 atom stereocenters. The number of rotatable bonds is 3. The normalized spacial score (nSPS) is 13.9. The lowest BCUT2D eigenvalue weighted by Gasteiger charge is -2.22. The number of aromatic nitrogens is 1. The van der Waals surface area contributed by atoms with Crippen LogP contribution in [-0.2, 0) is 12.0 Å². The monoisotopic (exact) mass is 258 g/mol. The molecule has 2 rings (SSSR count). The molecule has 4 heteroatoms. The van der Waals surface area contributed by atoms with Gasteiger partial charge in [-0.3, -0.25) is 0 Å². The molecule has 0 radical (unpaired) electrons. The van der Waals surface area contributed by atoms with Gasteiger partial charge in [0.15, 0.2) is 0 Å². The zero-order valence-electron chi connectivity index (χ0n) is 10.3. The van der Waals surface area contributed by atoms with Crippen LogP contribution in [-0.4, -0.2) is 10.1 Å². The van der Waals surface area contributed by atoms with E-state index in [0.29, 0.717) is 12.0 Å². The maximum atomic E-state index is 10.5. The third kappa shape index (κ3) is 2.76. The van der Waals surface area contributed by atoms with Crippen LogP contribution >= 0.6 is 11.3 Å². The molecule has 1 N–H and O–H groups in total. The van der Waals surface area contributed by atoms with Crippen molar-refractivity contribution in [3.63, 3.8) is 0 Å². The number of aliphatic hydroxyl groups is 1. The quantitative estimate of drug-likeness (QED) is 0.921. The first-order chi connectivity index (χ1) is 8.51. The zero-order valence-corrected chi connectivity index (χ0v) is 11.2. The number of benzene rings is 1. The average Bonchev–Trinajstić information content (AvgIpc) is 2.74. The second-order valence-electron chi connectivity index (χ2n) is 4.52. The van der Waals surface area contributed by atoms with Crippen molar-refractivity contribution in [2.45, 2.75) is 25.9 Å². The molecule has 0 saturated carbocycles. The Morgan fingerprint density at radius 1 is 1.39 bits per heavy atom. The van der Waals surface area contributed by atoms with Crippen molar-refractivity contribution in [3.05, 3.63) is 51.5 Å². The van der Waals surface area contributed by atoms with Gasteiger partial charge in [-0.15, -0.1) is 11.3 Å². The van der Waals surface area contributed by atoms with Crippen molar-refractivity contribution < 1.29 is 5.11 Å². The van der Waals surface area contributed by atoms with Gasteiger partial charge in [0, 0.05) is 17.5 Å². The Balaban J connectivity index is 2.21. The van der Waals surface area contributed by atoms with Gasteiger partial charge in [0.25, 0.3) is 0 Å². The molecule has 0 aliphatic rings. The first-order valence-corrected chi connectivity index (χ1v) is 6.53. The number of aryl methyl sites for hydroxylation is 1. The van der Waals surface area contributed by atoms with Gasteiger partial charge in [-0.25, -0.2) is 4.98 Å². The highest BCUT2D eigenvalue weighted by atomic mass is 32.1. The number of hydrogen-bond donors (Lipinski definition) is 1. The minimum atomic E-state index is -0.960. The van der Waals surface area contributed by atoms with E-state index in [-0.39, 0.29) is 0 Å².